The van der Waals surface area contributed by atoms with Crippen molar-refractivity contribution in [3.05, 3.63) is 94.7 Å². The van der Waals surface area contributed by atoms with Crippen molar-refractivity contribution in [1.82, 2.24) is 0 Å². The Hall–Kier alpha value is -3.87. The maximum Gasteiger partial charge on any atom is 0.163 e. The number of rotatable bonds is 4. The molecule has 0 saturated heterocycles. The van der Waals surface area contributed by atoms with Crippen molar-refractivity contribution >= 4 is 17.2 Å². The van der Waals surface area contributed by atoms with Crippen LogP contribution in [0, 0.1) is 11.6 Å². The Bertz CT molecular complexity index is 1300. The number of ketones is 1. The second-order valence-corrected chi connectivity index (χ2v) is 8.45. The summed E-state index contributed by atoms with van der Waals surface area (Å²) in [6.07, 6.45) is 0.765. The summed E-state index contributed by atoms with van der Waals surface area (Å²) in [7, 11) is 3.15. The molecule has 3 aromatic carbocycles. The molecule has 0 bridgehead atoms. The molecule has 0 radical (unpaired) electrons. The molecule has 0 amide bonds. The fraction of sp³-hybridized carbons (Fsp3) is 0.222. The summed E-state index contributed by atoms with van der Waals surface area (Å²) in [5, 5.41) is 6.68. The molecule has 0 unspecified atom stereocenters. The predicted molar refractivity (Wildman–Crippen MR) is 126 cm³/mol. The van der Waals surface area contributed by atoms with Crippen LogP contribution in [0.25, 0.3) is 0 Å². The number of carbonyl (C=O) groups is 1. The summed E-state index contributed by atoms with van der Waals surface area (Å²) < 4.78 is 39.7. The molecule has 34 heavy (non-hydrogen) atoms. The Kier molecular flexibility index (Phi) is 5.69. The molecule has 1 aliphatic carbocycles. The molecule has 0 spiro atoms. The molecular weight excluding hydrogens is 438 g/mol. The Morgan fingerprint density at radius 1 is 0.882 bits per heavy atom. The molecule has 0 fully saturated rings. The summed E-state index contributed by atoms with van der Waals surface area (Å²) in [5.41, 5.74) is 3.65. The first kappa shape index (κ1) is 21.9. The number of halogens is 2. The van der Waals surface area contributed by atoms with Gasteiger partial charge < -0.3 is 20.1 Å². The maximum atomic E-state index is 14.9. The number of hydrogen-bond acceptors (Lipinski definition) is 5. The highest BCUT2D eigenvalue weighted by Crippen LogP contribution is 2.45. The van der Waals surface area contributed by atoms with Gasteiger partial charge in [0, 0.05) is 23.3 Å². The highest BCUT2D eigenvalue weighted by molar-refractivity contribution is 6.01. The molecule has 1 aliphatic heterocycles. The lowest BCUT2D eigenvalue weighted by atomic mass is 9.78. The van der Waals surface area contributed by atoms with E-state index in [9.17, 15) is 13.6 Å². The van der Waals surface area contributed by atoms with E-state index in [4.69, 9.17) is 9.47 Å². The number of allylic oxidation sites excluding steroid dienone is 1. The van der Waals surface area contributed by atoms with E-state index in [2.05, 4.69) is 10.6 Å². The third-order valence-electron chi connectivity index (χ3n) is 6.46. The lowest BCUT2D eigenvalue weighted by Gasteiger charge is -2.30. The highest BCUT2D eigenvalue weighted by Gasteiger charge is 2.37. The summed E-state index contributed by atoms with van der Waals surface area (Å²) in [6, 6.07) is 15.6. The van der Waals surface area contributed by atoms with Gasteiger partial charge in [-0.05, 0) is 60.4 Å². The van der Waals surface area contributed by atoms with Crippen LogP contribution in [0.1, 0.15) is 35.9 Å². The number of methoxy groups -OCH3 is 2. The zero-order valence-electron chi connectivity index (χ0n) is 18.8. The van der Waals surface area contributed by atoms with E-state index >= 15 is 0 Å². The standard InChI is InChI=1S/C27H24F2N2O3/c1-33-24-10-7-15(13-25(24)34-2)16-11-22-26(23(32)12-16)27(18-14-17(28)8-9-19(18)29)31-21-6-4-3-5-20(21)30-22/h3-10,13-14,16,27,30-31H,11-12H2,1-2H3/t16-,27+/m1/s1. The second kappa shape index (κ2) is 8.82. The summed E-state index contributed by atoms with van der Waals surface area (Å²) in [5.74, 6) is -0.157. The molecule has 7 heteroatoms. The van der Waals surface area contributed by atoms with Gasteiger partial charge in [-0.1, -0.05) is 18.2 Å². The molecule has 5 nitrogen and oxygen atoms in total. The van der Waals surface area contributed by atoms with Crippen LogP contribution in [-0.2, 0) is 4.79 Å². The van der Waals surface area contributed by atoms with Crippen molar-refractivity contribution in [1.29, 1.82) is 0 Å². The van der Waals surface area contributed by atoms with Crippen molar-refractivity contribution in [2.24, 2.45) is 0 Å². The molecule has 174 valence electrons. The molecule has 5 rings (SSSR count). The van der Waals surface area contributed by atoms with Crippen LogP contribution in [-0.4, -0.2) is 20.0 Å². The molecule has 1 heterocycles. The topological polar surface area (TPSA) is 59.6 Å². The minimum Gasteiger partial charge on any atom is -0.493 e. The number of carbonyl (C=O) groups excluding carboxylic acids is 1. The van der Waals surface area contributed by atoms with Gasteiger partial charge in [0.25, 0.3) is 0 Å². The highest BCUT2D eigenvalue weighted by atomic mass is 19.1. The number of fused-ring (bicyclic) bond motifs is 1. The van der Waals surface area contributed by atoms with Gasteiger partial charge in [-0.25, -0.2) is 8.78 Å². The lowest BCUT2D eigenvalue weighted by molar-refractivity contribution is -0.116. The van der Waals surface area contributed by atoms with E-state index in [1.807, 2.05) is 42.5 Å². The molecule has 2 aliphatic rings. The Balaban J connectivity index is 1.61. The van der Waals surface area contributed by atoms with E-state index in [-0.39, 0.29) is 23.7 Å². The van der Waals surface area contributed by atoms with E-state index in [0.29, 0.717) is 34.9 Å². The molecule has 2 atom stereocenters. The molecule has 2 N–H and O–H groups in total. The third kappa shape index (κ3) is 3.87. The first-order valence-corrected chi connectivity index (χ1v) is 11.0. The molecule has 0 aromatic heterocycles. The van der Waals surface area contributed by atoms with Crippen molar-refractivity contribution in [2.45, 2.75) is 24.8 Å². The van der Waals surface area contributed by atoms with Crippen LogP contribution < -0.4 is 20.1 Å². The van der Waals surface area contributed by atoms with Crippen LogP contribution in [0.15, 0.2) is 71.9 Å². The third-order valence-corrected chi connectivity index (χ3v) is 6.46. The van der Waals surface area contributed by atoms with E-state index in [1.54, 1.807) is 14.2 Å². The van der Waals surface area contributed by atoms with Crippen LogP contribution in [0.2, 0.25) is 0 Å². The number of hydrogen-bond donors (Lipinski definition) is 2. The fourth-order valence-corrected chi connectivity index (χ4v) is 4.80. The van der Waals surface area contributed by atoms with E-state index in [0.717, 1.165) is 29.4 Å². The first-order valence-electron chi connectivity index (χ1n) is 11.0. The first-order chi connectivity index (χ1) is 16.5. The summed E-state index contributed by atoms with van der Waals surface area (Å²) in [6.45, 7) is 0. The van der Waals surface area contributed by atoms with Crippen LogP contribution in [0.3, 0.4) is 0 Å². The van der Waals surface area contributed by atoms with Crippen LogP contribution >= 0.6 is 0 Å². The van der Waals surface area contributed by atoms with E-state index in [1.165, 1.54) is 0 Å². The Labute approximate surface area is 196 Å². The average molecular weight is 462 g/mol. The lowest BCUT2D eigenvalue weighted by Crippen LogP contribution is -2.27. The van der Waals surface area contributed by atoms with Gasteiger partial charge in [0.05, 0.1) is 31.6 Å². The number of anilines is 2. The maximum absolute atomic E-state index is 14.9. The monoisotopic (exact) mass is 462 g/mol. The smallest absolute Gasteiger partial charge is 0.163 e. The predicted octanol–water partition coefficient (Wildman–Crippen LogP) is 5.96. The van der Waals surface area contributed by atoms with E-state index < -0.39 is 17.7 Å². The largest absolute Gasteiger partial charge is 0.493 e. The summed E-state index contributed by atoms with van der Waals surface area (Å²) in [4.78, 5) is 13.6. The van der Waals surface area contributed by atoms with Crippen LogP contribution in [0.5, 0.6) is 11.5 Å². The van der Waals surface area contributed by atoms with Crippen molar-refractivity contribution in [3.63, 3.8) is 0 Å². The summed E-state index contributed by atoms with van der Waals surface area (Å²) >= 11 is 0. The SMILES string of the molecule is COc1ccc([C@H]2CC(=O)C3=C(C2)Nc2ccccc2N[C@H]3c2cc(F)ccc2F)cc1OC. The van der Waals surface area contributed by atoms with Gasteiger partial charge in [0.1, 0.15) is 11.6 Å². The molecular formula is C27H24F2N2O3. The Morgan fingerprint density at radius 3 is 2.41 bits per heavy atom. The Morgan fingerprint density at radius 2 is 1.65 bits per heavy atom. The van der Waals surface area contributed by atoms with Gasteiger partial charge in [0.2, 0.25) is 0 Å². The number of Topliss-reactive ketones (excluding diaryl/α,β-unsaturated/α-hetero) is 1. The van der Waals surface area contributed by atoms with Gasteiger partial charge >= 0.3 is 0 Å². The van der Waals surface area contributed by atoms with Gasteiger partial charge in [0.15, 0.2) is 17.3 Å². The van der Waals surface area contributed by atoms with Crippen molar-refractivity contribution < 1.29 is 23.0 Å². The minimum absolute atomic E-state index is 0.101. The van der Waals surface area contributed by atoms with Gasteiger partial charge in [-0.15, -0.1) is 0 Å². The fourth-order valence-electron chi connectivity index (χ4n) is 4.80. The molecule has 3 aromatic rings. The van der Waals surface area contributed by atoms with Crippen molar-refractivity contribution in [3.8, 4) is 11.5 Å². The van der Waals surface area contributed by atoms with Gasteiger partial charge in [-0.2, -0.15) is 0 Å². The minimum atomic E-state index is -0.819. The number of para-hydroxylation sites is 2. The number of ether oxygens (including phenoxy) is 2. The zero-order valence-corrected chi connectivity index (χ0v) is 18.8. The normalized spacial score (nSPS) is 19.4. The average Bonchev–Trinajstić information content (AvgIpc) is 3.01. The van der Waals surface area contributed by atoms with Gasteiger partial charge in [-0.3, -0.25) is 4.79 Å². The van der Waals surface area contributed by atoms with Crippen LogP contribution in [0.4, 0.5) is 20.2 Å². The zero-order chi connectivity index (χ0) is 23.8. The molecule has 0 saturated carbocycles. The number of benzene rings is 3. The number of nitrogens with one attached hydrogen (secondary N) is 2. The quantitative estimate of drug-likeness (QED) is 0.501. The van der Waals surface area contributed by atoms with Crippen molar-refractivity contribution in [2.75, 3.05) is 24.9 Å². The second-order valence-electron chi connectivity index (χ2n) is 8.45.